The molecule has 0 aliphatic rings. The van der Waals surface area contributed by atoms with Crippen molar-refractivity contribution in [2.75, 3.05) is 33.4 Å². The van der Waals surface area contributed by atoms with E-state index in [1.54, 1.807) is 7.05 Å². The molecule has 1 atom stereocenters. The fraction of sp³-hybridized carbons (Fsp3) is 0.417. The van der Waals surface area contributed by atoms with Crippen molar-refractivity contribution in [1.82, 2.24) is 16.0 Å². The molecule has 0 aliphatic carbocycles. The Morgan fingerprint density at radius 1 is 1.06 bits per heavy atom. The quantitative estimate of drug-likeness (QED) is 0.276. The number of nitrogens with one attached hydrogen (secondary N) is 3. The number of guanidine groups is 1. The minimum absolute atomic E-state index is 0.0128. The van der Waals surface area contributed by atoms with Crippen molar-refractivity contribution in [1.29, 1.82) is 0 Å². The predicted molar refractivity (Wildman–Crippen MR) is 124 cm³/mol. The summed E-state index contributed by atoms with van der Waals surface area (Å²) >= 11 is 0. The molecule has 0 aliphatic heterocycles. The lowest BCUT2D eigenvalue weighted by molar-refractivity contribution is -0.122. The van der Waals surface area contributed by atoms with Crippen LogP contribution in [0.4, 0.5) is 0 Å². The van der Waals surface area contributed by atoms with Gasteiger partial charge in [-0.25, -0.2) is 0 Å². The molecule has 0 aromatic heterocycles. The Hall–Kier alpha value is -3.06. The topological polar surface area (TPSA) is 84.0 Å². The maximum Gasteiger partial charge on any atom is 0.257 e. The van der Waals surface area contributed by atoms with Gasteiger partial charge < -0.3 is 25.4 Å². The molecule has 2 aromatic carbocycles. The molecule has 0 bridgehead atoms. The van der Waals surface area contributed by atoms with E-state index in [4.69, 9.17) is 9.47 Å². The molecule has 2 rings (SSSR count). The Morgan fingerprint density at radius 3 is 2.61 bits per heavy atom. The van der Waals surface area contributed by atoms with Crippen LogP contribution in [-0.4, -0.2) is 45.2 Å². The van der Waals surface area contributed by atoms with E-state index < -0.39 is 0 Å². The standard InChI is InChI=1S/C24H34N4O3/c1-4-26-23(29)18-31-22-13-8-10-20(16-22)17-28-24(25-3)27-14-9-15-30-19(2)21-11-6-5-7-12-21/h5-8,10-13,16,19H,4,9,14-15,17-18H2,1-3H3,(H,26,29)(H2,25,27,28). The first-order valence-electron chi connectivity index (χ1n) is 10.7. The van der Waals surface area contributed by atoms with Crippen LogP contribution in [0.2, 0.25) is 0 Å². The van der Waals surface area contributed by atoms with Crippen molar-refractivity contribution in [2.45, 2.75) is 32.9 Å². The third-order valence-electron chi connectivity index (χ3n) is 4.58. The maximum absolute atomic E-state index is 11.5. The third-order valence-corrected chi connectivity index (χ3v) is 4.58. The lowest BCUT2D eigenvalue weighted by Gasteiger charge is -2.15. The number of aliphatic imine (C=N–C) groups is 1. The van der Waals surface area contributed by atoms with Gasteiger partial charge in [0.15, 0.2) is 12.6 Å². The molecule has 0 saturated heterocycles. The van der Waals surface area contributed by atoms with Gasteiger partial charge in [0.25, 0.3) is 5.91 Å². The minimum Gasteiger partial charge on any atom is -0.484 e. The van der Waals surface area contributed by atoms with Gasteiger partial charge in [-0.05, 0) is 43.5 Å². The first-order valence-corrected chi connectivity index (χ1v) is 10.7. The number of carbonyl (C=O) groups is 1. The second-order valence-corrected chi connectivity index (χ2v) is 7.02. The van der Waals surface area contributed by atoms with E-state index in [2.05, 4.69) is 40.0 Å². The monoisotopic (exact) mass is 426 g/mol. The number of carbonyl (C=O) groups excluding carboxylic acids is 1. The zero-order valence-corrected chi connectivity index (χ0v) is 18.7. The summed E-state index contributed by atoms with van der Waals surface area (Å²) in [5.74, 6) is 1.26. The van der Waals surface area contributed by atoms with Gasteiger partial charge in [0.1, 0.15) is 5.75 Å². The normalized spacial score (nSPS) is 12.2. The van der Waals surface area contributed by atoms with Crippen LogP contribution in [-0.2, 0) is 16.1 Å². The molecule has 7 nitrogen and oxygen atoms in total. The lowest BCUT2D eigenvalue weighted by Crippen LogP contribution is -2.37. The van der Waals surface area contributed by atoms with Crippen molar-refractivity contribution < 1.29 is 14.3 Å². The van der Waals surface area contributed by atoms with E-state index in [1.807, 2.05) is 49.4 Å². The van der Waals surface area contributed by atoms with E-state index in [0.717, 1.165) is 24.5 Å². The van der Waals surface area contributed by atoms with E-state index in [9.17, 15) is 4.79 Å². The summed E-state index contributed by atoms with van der Waals surface area (Å²) in [5.41, 5.74) is 2.22. The zero-order valence-electron chi connectivity index (χ0n) is 18.7. The van der Waals surface area contributed by atoms with Crippen LogP contribution in [0.3, 0.4) is 0 Å². The number of rotatable bonds is 12. The smallest absolute Gasteiger partial charge is 0.257 e. The van der Waals surface area contributed by atoms with Gasteiger partial charge in [-0.15, -0.1) is 0 Å². The third kappa shape index (κ3) is 9.53. The summed E-state index contributed by atoms with van der Waals surface area (Å²) in [4.78, 5) is 15.8. The molecule has 0 fully saturated rings. The Kier molecular flexibility index (Phi) is 11.0. The van der Waals surface area contributed by atoms with Gasteiger partial charge in [-0.3, -0.25) is 9.79 Å². The van der Waals surface area contributed by atoms with Gasteiger partial charge >= 0.3 is 0 Å². The van der Waals surface area contributed by atoms with Gasteiger partial charge in [0, 0.05) is 33.3 Å². The van der Waals surface area contributed by atoms with E-state index in [0.29, 0.717) is 25.4 Å². The highest BCUT2D eigenvalue weighted by Gasteiger charge is 2.05. The summed E-state index contributed by atoms with van der Waals surface area (Å²) in [5, 5.41) is 9.30. The van der Waals surface area contributed by atoms with Gasteiger partial charge in [-0.1, -0.05) is 42.5 Å². The van der Waals surface area contributed by atoms with Crippen LogP contribution < -0.4 is 20.7 Å². The minimum atomic E-state index is -0.127. The second kappa shape index (κ2) is 14.0. The van der Waals surface area contributed by atoms with Crippen LogP contribution in [0.1, 0.15) is 37.5 Å². The van der Waals surface area contributed by atoms with Crippen molar-refractivity contribution in [3.8, 4) is 5.75 Å². The molecule has 7 heteroatoms. The number of amides is 1. The van der Waals surface area contributed by atoms with Crippen molar-refractivity contribution in [3.63, 3.8) is 0 Å². The number of likely N-dealkylation sites (N-methyl/N-ethyl adjacent to an activating group) is 1. The summed E-state index contributed by atoms with van der Waals surface area (Å²) in [6, 6.07) is 17.9. The van der Waals surface area contributed by atoms with Crippen LogP contribution in [0.15, 0.2) is 59.6 Å². The Bertz CT molecular complexity index is 811. The van der Waals surface area contributed by atoms with E-state index in [1.165, 1.54) is 5.56 Å². The summed E-state index contributed by atoms with van der Waals surface area (Å²) in [6.07, 6.45) is 0.960. The van der Waals surface area contributed by atoms with Crippen molar-refractivity contribution >= 4 is 11.9 Å². The number of hydrogen-bond donors (Lipinski definition) is 3. The van der Waals surface area contributed by atoms with Crippen LogP contribution >= 0.6 is 0 Å². The zero-order chi connectivity index (χ0) is 22.3. The lowest BCUT2D eigenvalue weighted by atomic mass is 10.1. The molecule has 1 unspecified atom stereocenters. The Labute approximate surface area is 185 Å². The molecule has 1 amide bonds. The van der Waals surface area contributed by atoms with Crippen LogP contribution in [0.5, 0.6) is 5.75 Å². The van der Waals surface area contributed by atoms with Crippen LogP contribution in [0, 0.1) is 0 Å². The Balaban J connectivity index is 1.66. The number of ether oxygens (including phenoxy) is 2. The molecule has 2 aromatic rings. The van der Waals surface area contributed by atoms with Gasteiger partial charge in [-0.2, -0.15) is 0 Å². The van der Waals surface area contributed by atoms with Crippen molar-refractivity contribution in [2.24, 2.45) is 4.99 Å². The van der Waals surface area contributed by atoms with E-state index in [-0.39, 0.29) is 18.6 Å². The first-order chi connectivity index (χ1) is 15.1. The molecular weight excluding hydrogens is 392 g/mol. The predicted octanol–water partition coefficient (Wildman–Crippen LogP) is 3.03. The highest BCUT2D eigenvalue weighted by atomic mass is 16.5. The SMILES string of the molecule is CCNC(=O)COc1cccc(CNC(=NC)NCCCOC(C)c2ccccc2)c1. The van der Waals surface area contributed by atoms with E-state index >= 15 is 0 Å². The highest BCUT2D eigenvalue weighted by Crippen LogP contribution is 2.16. The summed E-state index contributed by atoms with van der Waals surface area (Å²) in [7, 11) is 1.75. The molecule has 168 valence electrons. The molecular formula is C24H34N4O3. The average Bonchev–Trinajstić information content (AvgIpc) is 2.80. The molecule has 3 N–H and O–H groups in total. The van der Waals surface area contributed by atoms with Gasteiger partial charge in [0.05, 0.1) is 6.10 Å². The fourth-order valence-electron chi connectivity index (χ4n) is 2.91. The number of hydrogen-bond acceptors (Lipinski definition) is 4. The Morgan fingerprint density at radius 2 is 1.87 bits per heavy atom. The molecule has 0 spiro atoms. The molecule has 0 heterocycles. The van der Waals surface area contributed by atoms with Gasteiger partial charge in [0.2, 0.25) is 0 Å². The second-order valence-electron chi connectivity index (χ2n) is 7.02. The molecule has 0 radical (unpaired) electrons. The van der Waals surface area contributed by atoms with Crippen LogP contribution in [0.25, 0.3) is 0 Å². The number of nitrogens with zero attached hydrogens (tertiary/aromatic N) is 1. The van der Waals surface area contributed by atoms with Crippen molar-refractivity contribution in [3.05, 3.63) is 65.7 Å². The molecule has 31 heavy (non-hydrogen) atoms. The average molecular weight is 427 g/mol. The highest BCUT2D eigenvalue weighted by molar-refractivity contribution is 5.79. The summed E-state index contributed by atoms with van der Waals surface area (Å²) in [6.45, 7) is 6.58. The molecule has 0 saturated carbocycles. The maximum atomic E-state index is 11.5. The largest absolute Gasteiger partial charge is 0.484 e. The number of benzene rings is 2. The summed E-state index contributed by atoms with van der Waals surface area (Å²) < 4.78 is 11.4. The first kappa shape index (κ1) is 24.2. The fourth-order valence-corrected chi connectivity index (χ4v) is 2.91.